The van der Waals surface area contributed by atoms with Gasteiger partial charge in [-0.1, -0.05) is 43.4 Å². The highest BCUT2D eigenvalue weighted by atomic mass is 35.5. The predicted octanol–water partition coefficient (Wildman–Crippen LogP) is 4.35. The summed E-state index contributed by atoms with van der Waals surface area (Å²) in [5.41, 5.74) is 0.920. The smallest absolute Gasteiger partial charge is 0.137 e. The minimum Gasteiger partial charge on any atom is -0.495 e. The van der Waals surface area contributed by atoms with Crippen molar-refractivity contribution in [2.75, 3.05) is 7.11 Å². The molecule has 3 heteroatoms. The fourth-order valence-electron chi connectivity index (χ4n) is 2.76. The van der Waals surface area contributed by atoms with Gasteiger partial charge in [-0.25, -0.2) is 0 Å². The molecule has 0 saturated heterocycles. The second-order valence-electron chi connectivity index (χ2n) is 5.09. The first-order valence-electron chi connectivity index (χ1n) is 6.74. The van der Waals surface area contributed by atoms with Gasteiger partial charge >= 0.3 is 0 Å². The van der Waals surface area contributed by atoms with Gasteiger partial charge in [0.1, 0.15) is 5.75 Å². The van der Waals surface area contributed by atoms with E-state index in [1.807, 2.05) is 12.1 Å². The zero-order valence-electron chi connectivity index (χ0n) is 10.9. The number of hydrogen-bond acceptors (Lipinski definition) is 2. The summed E-state index contributed by atoms with van der Waals surface area (Å²) in [4.78, 5) is 0. The SMILES string of the molecule is COc1cc(C(O)C2CCCCCC2)ccc1Cl. The number of halogens is 1. The molecule has 1 fully saturated rings. The fourth-order valence-corrected chi connectivity index (χ4v) is 2.95. The minimum atomic E-state index is -0.394. The summed E-state index contributed by atoms with van der Waals surface area (Å²) >= 11 is 6.01. The van der Waals surface area contributed by atoms with Gasteiger partial charge in [0.05, 0.1) is 18.2 Å². The molecule has 1 N–H and O–H groups in total. The number of ether oxygens (including phenoxy) is 1. The van der Waals surface area contributed by atoms with Crippen LogP contribution >= 0.6 is 11.6 Å². The summed E-state index contributed by atoms with van der Waals surface area (Å²) < 4.78 is 5.20. The van der Waals surface area contributed by atoms with E-state index in [9.17, 15) is 5.11 Å². The number of aliphatic hydroxyl groups is 1. The van der Waals surface area contributed by atoms with Crippen molar-refractivity contribution in [3.63, 3.8) is 0 Å². The van der Waals surface area contributed by atoms with Crippen molar-refractivity contribution in [3.8, 4) is 5.75 Å². The second kappa shape index (κ2) is 6.44. The summed E-state index contributed by atoms with van der Waals surface area (Å²) in [7, 11) is 1.60. The van der Waals surface area contributed by atoms with E-state index < -0.39 is 6.10 Å². The number of rotatable bonds is 3. The number of methoxy groups -OCH3 is 1. The van der Waals surface area contributed by atoms with E-state index in [0.717, 1.165) is 18.4 Å². The molecule has 1 atom stereocenters. The van der Waals surface area contributed by atoms with Crippen LogP contribution in [0, 0.1) is 5.92 Å². The summed E-state index contributed by atoms with van der Waals surface area (Å²) in [5, 5.41) is 11.1. The number of benzene rings is 1. The van der Waals surface area contributed by atoms with Crippen molar-refractivity contribution >= 4 is 11.6 Å². The number of aliphatic hydroxyl groups excluding tert-OH is 1. The molecule has 0 spiro atoms. The summed E-state index contributed by atoms with van der Waals surface area (Å²) in [6.07, 6.45) is 6.89. The van der Waals surface area contributed by atoms with Crippen molar-refractivity contribution < 1.29 is 9.84 Å². The highest BCUT2D eigenvalue weighted by Crippen LogP contribution is 2.36. The molecule has 18 heavy (non-hydrogen) atoms. The topological polar surface area (TPSA) is 29.5 Å². The van der Waals surface area contributed by atoms with Gasteiger partial charge in [0.2, 0.25) is 0 Å². The lowest BCUT2D eigenvalue weighted by molar-refractivity contribution is 0.0986. The van der Waals surface area contributed by atoms with Crippen molar-refractivity contribution in [3.05, 3.63) is 28.8 Å². The molecular weight excluding hydrogens is 248 g/mol. The van der Waals surface area contributed by atoms with Crippen molar-refractivity contribution in [2.24, 2.45) is 5.92 Å². The molecule has 2 nitrogen and oxygen atoms in total. The van der Waals surface area contributed by atoms with Crippen LogP contribution in [0.1, 0.15) is 50.2 Å². The average Bonchev–Trinajstić information content (AvgIpc) is 2.67. The van der Waals surface area contributed by atoms with E-state index >= 15 is 0 Å². The Morgan fingerprint density at radius 3 is 2.50 bits per heavy atom. The van der Waals surface area contributed by atoms with E-state index in [1.54, 1.807) is 13.2 Å². The molecule has 1 aliphatic rings. The van der Waals surface area contributed by atoms with Gasteiger partial charge in [-0.15, -0.1) is 0 Å². The molecule has 100 valence electrons. The van der Waals surface area contributed by atoms with Crippen molar-refractivity contribution in [1.29, 1.82) is 0 Å². The molecule has 1 unspecified atom stereocenters. The maximum Gasteiger partial charge on any atom is 0.137 e. The molecule has 0 bridgehead atoms. The third kappa shape index (κ3) is 3.18. The lowest BCUT2D eigenvalue weighted by Crippen LogP contribution is -2.12. The van der Waals surface area contributed by atoms with Crippen LogP contribution in [0.25, 0.3) is 0 Å². The summed E-state index contributed by atoms with van der Waals surface area (Å²) in [6.45, 7) is 0. The molecule has 0 aromatic heterocycles. The zero-order chi connectivity index (χ0) is 13.0. The Hall–Kier alpha value is -0.730. The van der Waals surface area contributed by atoms with Gasteiger partial charge < -0.3 is 9.84 Å². The van der Waals surface area contributed by atoms with Crippen LogP contribution < -0.4 is 4.74 Å². The average molecular weight is 269 g/mol. The minimum absolute atomic E-state index is 0.374. The van der Waals surface area contributed by atoms with Gasteiger partial charge in [-0.2, -0.15) is 0 Å². The maximum atomic E-state index is 10.5. The first-order chi connectivity index (χ1) is 8.72. The van der Waals surface area contributed by atoms with Gasteiger partial charge in [-0.05, 0) is 36.5 Å². The van der Waals surface area contributed by atoms with Crippen LogP contribution in [0.4, 0.5) is 0 Å². The Morgan fingerprint density at radius 2 is 1.89 bits per heavy atom. The molecule has 2 rings (SSSR count). The largest absolute Gasteiger partial charge is 0.495 e. The Morgan fingerprint density at radius 1 is 1.22 bits per heavy atom. The molecular formula is C15H21ClO2. The predicted molar refractivity (Wildman–Crippen MR) is 74.2 cm³/mol. The Balaban J connectivity index is 2.13. The lowest BCUT2D eigenvalue weighted by atomic mass is 9.89. The van der Waals surface area contributed by atoms with Crippen molar-refractivity contribution in [1.82, 2.24) is 0 Å². The Kier molecular flexibility index (Phi) is 4.90. The zero-order valence-corrected chi connectivity index (χ0v) is 11.6. The number of hydrogen-bond donors (Lipinski definition) is 1. The van der Waals surface area contributed by atoms with Gasteiger partial charge in [0, 0.05) is 0 Å². The van der Waals surface area contributed by atoms with Crippen molar-refractivity contribution in [2.45, 2.75) is 44.6 Å². The van der Waals surface area contributed by atoms with Gasteiger partial charge in [0.25, 0.3) is 0 Å². The third-order valence-corrected chi connectivity index (χ3v) is 4.18. The van der Waals surface area contributed by atoms with Crippen LogP contribution in [0.15, 0.2) is 18.2 Å². The Bertz CT molecular complexity index is 384. The van der Waals surface area contributed by atoms with Crippen LogP contribution in [-0.2, 0) is 0 Å². The van der Waals surface area contributed by atoms with Crippen LogP contribution in [0.5, 0.6) is 5.75 Å². The van der Waals surface area contributed by atoms with Crippen LogP contribution in [0.3, 0.4) is 0 Å². The molecule has 1 aromatic rings. The van der Waals surface area contributed by atoms with E-state index in [-0.39, 0.29) is 0 Å². The second-order valence-corrected chi connectivity index (χ2v) is 5.50. The molecule has 0 aliphatic heterocycles. The quantitative estimate of drug-likeness (QED) is 0.826. The molecule has 1 aliphatic carbocycles. The highest BCUT2D eigenvalue weighted by Gasteiger charge is 2.22. The summed E-state index contributed by atoms with van der Waals surface area (Å²) in [6, 6.07) is 5.56. The van der Waals surface area contributed by atoms with E-state index in [0.29, 0.717) is 16.7 Å². The van der Waals surface area contributed by atoms with E-state index in [4.69, 9.17) is 16.3 Å². The lowest BCUT2D eigenvalue weighted by Gasteiger charge is -2.22. The van der Waals surface area contributed by atoms with Gasteiger partial charge in [-0.3, -0.25) is 0 Å². The molecule has 0 radical (unpaired) electrons. The van der Waals surface area contributed by atoms with Crippen LogP contribution in [0.2, 0.25) is 5.02 Å². The monoisotopic (exact) mass is 268 g/mol. The highest BCUT2D eigenvalue weighted by molar-refractivity contribution is 6.32. The molecule has 1 saturated carbocycles. The Labute approximate surface area is 114 Å². The standard InChI is InChI=1S/C15H21ClO2/c1-18-14-10-12(8-9-13(14)16)15(17)11-6-4-2-3-5-7-11/h8-11,15,17H,2-7H2,1H3. The van der Waals surface area contributed by atoms with Crippen LogP contribution in [-0.4, -0.2) is 12.2 Å². The van der Waals surface area contributed by atoms with E-state index in [1.165, 1.54) is 25.7 Å². The first-order valence-corrected chi connectivity index (χ1v) is 7.11. The molecule has 0 heterocycles. The maximum absolute atomic E-state index is 10.5. The normalized spacial score (nSPS) is 19.3. The third-order valence-electron chi connectivity index (χ3n) is 3.86. The first kappa shape index (κ1) is 13.7. The molecule has 1 aromatic carbocycles. The molecule has 0 amide bonds. The van der Waals surface area contributed by atoms with Gasteiger partial charge in [0.15, 0.2) is 0 Å². The fraction of sp³-hybridized carbons (Fsp3) is 0.600. The summed E-state index contributed by atoms with van der Waals surface area (Å²) in [5.74, 6) is 1.01. The van der Waals surface area contributed by atoms with E-state index in [2.05, 4.69) is 0 Å².